The van der Waals surface area contributed by atoms with Crippen molar-refractivity contribution in [1.82, 2.24) is 0 Å². The lowest BCUT2D eigenvalue weighted by atomic mass is 9.85. The van der Waals surface area contributed by atoms with Crippen LogP contribution in [0.3, 0.4) is 0 Å². The molecule has 6 nitrogen and oxygen atoms in total. The van der Waals surface area contributed by atoms with Crippen LogP contribution in [0, 0.1) is 5.92 Å². The molecule has 1 aliphatic rings. The molecule has 0 amide bonds. The van der Waals surface area contributed by atoms with Crippen LogP contribution < -0.4 is 0 Å². The van der Waals surface area contributed by atoms with E-state index in [9.17, 15) is 4.79 Å². The maximum absolute atomic E-state index is 11.4. The van der Waals surface area contributed by atoms with Crippen LogP contribution in [0.5, 0.6) is 0 Å². The molecule has 140 valence electrons. The summed E-state index contributed by atoms with van der Waals surface area (Å²) >= 11 is 0. The second kappa shape index (κ2) is 9.39. The molecule has 0 radical (unpaired) electrons. The lowest BCUT2D eigenvalue weighted by molar-refractivity contribution is -0.144. The molecule has 0 saturated heterocycles. The van der Waals surface area contributed by atoms with E-state index in [1.54, 1.807) is 20.3 Å². The second-order valence-electron chi connectivity index (χ2n) is 6.43. The Hall–Kier alpha value is -2.11. The van der Waals surface area contributed by atoms with Gasteiger partial charge in [0.15, 0.2) is 0 Å². The van der Waals surface area contributed by atoms with Crippen LogP contribution in [0.4, 0.5) is 0 Å². The predicted molar refractivity (Wildman–Crippen MR) is 100 cm³/mol. The van der Waals surface area contributed by atoms with Gasteiger partial charge in [-0.15, -0.1) is 6.58 Å². The van der Waals surface area contributed by atoms with E-state index in [4.69, 9.17) is 24.2 Å². The lowest BCUT2D eigenvalue weighted by Gasteiger charge is -2.37. The van der Waals surface area contributed by atoms with Crippen molar-refractivity contribution in [3.05, 3.63) is 25.3 Å². The third kappa shape index (κ3) is 5.18. The van der Waals surface area contributed by atoms with E-state index in [-0.39, 0.29) is 17.9 Å². The summed E-state index contributed by atoms with van der Waals surface area (Å²) in [5.41, 5.74) is -0.784. The van der Waals surface area contributed by atoms with E-state index in [1.165, 1.54) is 6.92 Å². The highest BCUT2D eigenvalue weighted by Crippen LogP contribution is 2.34. The van der Waals surface area contributed by atoms with Crippen molar-refractivity contribution < 1.29 is 19.0 Å². The number of rotatable bonds is 8. The zero-order chi connectivity index (χ0) is 19.0. The number of aliphatic imine (C=N–C) groups is 2. The summed E-state index contributed by atoms with van der Waals surface area (Å²) in [5.74, 6) is 0.926. The van der Waals surface area contributed by atoms with Crippen LogP contribution in [0.15, 0.2) is 35.3 Å². The molecule has 1 heterocycles. The third-order valence-electron chi connectivity index (χ3n) is 4.15. The third-order valence-corrected chi connectivity index (χ3v) is 4.15. The van der Waals surface area contributed by atoms with Gasteiger partial charge in [0.25, 0.3) is 0 Å². The average molecular weight is 350 g/mol. The molecule has 0 aromatic heterocycles. The molecule has 6 heteroatoms. The van der Waals surface area contributed by atoms with E-state index < -0.39 is 11.6 Å². The van der Waals surface area contributed by atoms with Crippen molar-refractivity contribution in [3.8, 4) is 0 Å². The normalized spacial score (nSPS) is 24.0. The van der Waals surface area contributed by atoms with E-state index in [0.29, 0.717) is 31.1 Å². The minimum atomic E-state index is -0.784. The SMILES string of the molecule is C=CCCC1(CC(C=C)OC(C)=O)N=C(OC)C(C(C)C)N=C1OC. The monoisotopic (exact) mass is 350 g/mol. The number of hydrogen-bond donors (Lipinski definition) is 0. The zero-order valence-corrected chi connectivity index (χ0v) is 15.9. The number of ether oxygens (including phenoxy) is 3. The van der Waals surface area contributed by atoms with Gasteiger partial charge in [0.1, 0.15) is 17.7 Å². The Balaban J connectivity index is 3.34. The first-order chi connectivity index (χ1) is 11.8. The van der Waals surface area contributed by atoms with Crippen molar-refractivity contribution in [2.75, 3.05) is 14.2 Å². The van der Waals surface area contributed by atoms with Gasteiger partial charge in [-0.1, -0.05) is 32.6 Å². The summed E-state index contributed by atoms with van der Waals surface area (Å²) in [4.78, 5) is 21.0. The van der Waals surface area contributed by atoms with Gasteiger partial charge in [-0.25, -0.2) is 9.98 Å². The van der Waals surface area contributed by atoms with Gasteiger partial charge >= 0.3 is 5.97 Å². The second-order valence-corrected chi connectivity index (χ2v) is 6.43. The number of carbonyl (C=O) groups is 1. The Labute approximate surface area is 150 Å². The van der Waals surface area contributed by atoms with Gasteiger partial charge in [0.05, 0.1) is 14.2 Å². The molecular formula is C19H30N2O4. The first-order valence-corrected chi connectivity index (χ1v) is 8.50. The largest absolute Gasteiger partial charge is 0.483 e. The summed E-state index contributed by atoms with van der Waals surface area (Å²) in [7, 11) is 3.18. The Bertz CT molecular complexity index is 554. The van der Waals surface area contributed by atoms with Crippen LogP contribution in [0.2, 0.25) is 0 Å². The summed E-state index contributed by atoms with van der Waals surface area (Å²) < 4.78 is 16.5. The molecule has 1 rings (SSSR count). The molecule has 0 N–H and O–H groups in total. The zero-order valence-electron chi connectivity index (χ0n) is 15.9. The van der Waals surface area contributed by atoms with Crippen molar-refractivity contribution in [1.29, 1.82) is 0 Å². The molecule has 0 spiro atoms. The predicted octanol–water partition coefficient (Wildman–Crippen LogP) is 3.33. The van der Waals surface area contributed by atoms with Crippen LogP contribution >= 0.6 is 0 Å². The Kier molecular flexibility index (Phi) is 7.87. The maximum Gasteiger partial charge on any atom is 0.303 e. The van der Waals surface area contributed by atoms with Crippen LogP contribution in [-0.4, -0.2) is 49.7 Å². The summed E-state index contributed by atoms with van der Waals surface area (Å²) in [5, 5.41) is 0. The highest BCUT2D eigenvalue weighted by Gasteiger charge is 2.44. The van der Waals surface area contributed by atoms with Crippen LogP contribution in [0.25, 0.3) is 0 Å². The van der Waals surface area contributed by atoms with Crippen molar-refractivity contribution in [3.63, 3.8) is 0 Å². The highest BCUT2D eigenvalue weighted by atomic mass is 16.5. The van der Waals surface area contributed by atoms with E-state index >= 15 is 0 Å². The van der Waals surface area contributed by atoms with Gasteiger partial charge in [0.2, 0.25) is 11.8 Å². The minimum Gasteiger partial charge on any atom is -0.483 e. The molecule has 0 aliphatic carbocycles. The van der Waals surface area contributed by atoms with E-state index in [2.05, 4.69) is 27.0 Å². The Morgan fingerprint density at radius 1 is 1.32 bits per heavy atom. The van der Waals surface area contributed by atoms with Gasteiger partial charge < -0.3 is 14.2 Å². The maximum atomic E-state index is 11.4. The van der Waals surface area contributed by atoms with Gasteiger partial charge in [-0.2, -0.15) is 0 Å². The summed E-state index contributed by atoms with van der Waals surface area (Å²) in [6.45, 7) is 13.0. The molecule has 0 aromatic carbocycles. The molecule has 3 unspecified atom stereocenters. The van der Waals surface area contributed by atoms with Gasteiger partial charge in [0, 0.05) is 13.3 Å². The molecule has 0 saturated carbocycles. The molecule has 0 aromatic rings. The molecular weight excluding hydrogens is 320 g/mol. The van der Waals surface area contributed by atoms with E-state index in [0.717, 1.165) is 0 Å². The van der Waals surface area contributed by atoms with Gasteiger partial charge in [-0.3, -0.25) is 4.79 Å². The number of nitrogens with zero attached hydrogens (tertiary/aromatic N) is 2. The number of esters is 1. The quantitative estimate of drug-likeness (QED) is 0.497. The van der Waals surface area contributed by atoms with Crippen LogP contribution in [0.1, 0.15) is 40.0 Å². The highest BCUT2D eigenvalue weighted by molar-refractivity contribution is 5.97. The number of allylic oxidation sites excluding steroid dienone is 1. The Morgan fingerprint density at radius 3 is 2.44 bits per heavy atom. The molecule has 1 aliphatic heterocycles. The number of hydrogen-bond acceptors (Lipinski definition) is 6. The standard InChI is InChI=1S/C19H30N2O4/c1-8-10-11-19(12-15(9-2)25-14(5)22)18(24-7)20-16(13(3)4)17(21-19)23-6/h8-9,13,15-16H,1-2,10-12H2,3-7H3. The van der Waals surface area contributed by atoms with E-state index in [1.807, 2.05) is 6.08 Å². The topological polar surface area (TPSA) is 69.5 Å². The fourth-order valence-electron chi connectivity index (χ4n) is 2.93. The lowest BCUT2D eigenvalue weighted by Crippen LogP contribution is -2.48. The first-order valence-electron chi connectivity index (χ1n) is 8.50. The summed E-state index contributed by atoms with van der Waals surface area (Å²) in [6, 6.07) is -0.201. The molecule has 3 atom stereocenters. The fourth-order valence-corrected chi connectivity index (χ4v) is 2.93. The average Bonchev–Trinajstić information content (AvgIpc) is 2.58. The smallest absolute Gasteiger partial charge is 0.303 e. The van der Waals surface area contributed by atoms with Crippen molar-refractivity contribution in [2.24, 2.45) is 15.9 Å². The molecule has 0 bridgehead atoms. The number of methoxy groups -OCH3 is 2. The molecule has 25 heavy (non-hydrogen) atoms. The number of carbonyl (C=O) groups excluding carboxylic acids is 1. The minimum absolute atomic E-state index is 0.201. The fraction of sp³-hybridized carbons (Fsp3) is 0.632. The van der Waals surface area contributed by atoms with Crippen molar-refractivity contribution in [2.45, 2.75) is 57.7 Å². The molecule has 0 fully saturated rings. The van der Waals surface area contributed by atoms with Gasteiger partial charge in [-0.05, 0) is 18.8 Å². The van der Waals surface area contributed by atoms with Crippen molar-refractivity contribution >= 4 is 17.8 Å². The summed E-state index contributed by atoms with van der Waals surface area (Å²) in [6.07, 6.45) is 4.63. The first kappa shape index (κ1) is 20.9. The van der Waals surface area contributed by atoms with Crippen LogP contribution in [-0.2, 0) is 19.0 Å². The Morgan fingerprint density at radius 2 is 2.00 bits per heavy atom.